The first kappa shape index (κ1) is 27.6. The number of carbonyl (C=O) groups excluding carboxylic acids is 1. The summed E-state index contributed by atoms with van der Waals surface area (Å²) in [5, 5.41) is 0.203. The van der Waals surface area contributed by atoms with Crippen molar-refractivity contribution < 1.29 is 22.7 Å². The van der Waals surface area contributed by atoms with Gasteiger partial charge < -0.3 is 9.47 Å². The van der Waals surface area contributed by atoms with Gasteiger partial charge >= 0.3 is 0 Å². The zero-order valence-corrected chi connectivity index (χ0v) is 22.8. The third-order valence-electron chi connectivity index (χ3n) is 5.68. The fourth-order valence-electron chi connectivity index (χ4n) is 3.58. The van der Waals surface area contributed by atoms with Crippen LogP contribution in [0.4, 0.5) is 5.69 Å². The minimum absolute atomic E-state index is 0.0172. The average molecular weight is 530 g/mol. The van der Waals surface area contributed by atoms with Crippen molar-refractivity contribution in [1.29, 1.82) is 0 Å². The second-order valence-corrected chi connectivity index (χ2v) is 11.7. The van der Waals surface area contributed by atoms with Crippen LogP contribution in [-0.4, -0.2) is 28.0 Å². The molecule has 0 bridgehead atoms. The lowest BCUT2D eigenvalue weighted by Crippen LogP contribution is -2.37. The Bertz CT molecular complexity index is 1300. The van der Waals surface area contributed by atoms with E-state index in [0.29, 0.717) is 17.9 Å². The van der Waals surface area contributed by atoms with E-state index in [0.717, 1.165) is 9.87 Å². The van der Waals surface area contributed by atoms with Crippen LogP contribution in [0, 0.1) is 6.92 Å². The van der Waals surface area contributed by atoms with Gasteiger partial charge in [0.1, 0.15) is 11.5 Å². The van der Waals surface area contributed by atoms with Crippen molar-refractivity contribution in [2.75, 3.05) is 18.0 Å². The van der Waals surface area contributed by atoms with E-state index in [4.69, 9.17) is 21.1 Å². The van der Waals surface area contributed by atoms with Gasteiger partial charge in [-0.25, -0.2) is 12.7 Å². The lowest BCUT2D eigenvalue weighted by atomic mass is 9.87. The summed E-state index contributed by atoms with van der Waals surface area (Å²) in [5.41, 5.74) is 2.29. The van der Waals surface area contributed by atoms with E-state index in [-0.39, 0.29) is 34.0 Å². The fraction of sp³-hybridized carbons (Fsp3) is 0.321. The van der Waals surface area contributed by atoms with Crippen molar-refractivity contribution in [1.82, 2.24) is 0 Å². The molecule has 6 nitrogen and oxygen atoms in total. The van der Waals surface area contributed by atoms with Gasteiger partial charge in [0.15, 0.2) is 0 Å². The minimum atomic E-state index is -4.17. The van der Waals surface area contributed by atoms with Crippen LogP contribution in [-0.2, 0) is 20.2 Å². The maximum atomic E-state index is 13.5. The molecule has 1 amide bonds. The molecule has 0 radical (unpaired) electrons. The molecule has 0 aliphatic rings. The minimum Gasteiger partial charge on any atom is -0.495 e. The summed E-state index contributed by atoms with van der Waals surface area (Å²) in [5.74, 6) is 0.497. The molecule has 0 heterocycles. The number of hydrogen-bond acceptors (Lipinski definition) is 5. The highest BCUT2D eigenvalue weighted by Crippen LogP contribution is 2.33. The van der Waals surface area contributed by atoms with Gasteiger partial charge in [0.05, 0.1) is 29.3 Å². The number of hydrogen-bond donors (Lipinski definition) is 0. The predicted octanol–water partition coefficient (Wildman–Crippen LogP) is 6.54. The number of anilines is 1. The SMILES string of the molecule is COc1ccc(N(C(=O)CCCOc2ccc(C(C)(C)C)cc2)S(=O)(=O)c2ccc(C)cc2)cc1Cl. The van der Waals surface area contributed by atoms with Gasteiger partial charge in [0.25, 0.3) is 10.0 Å². The monoisotopic (exact) mass is 529 g/mol. The Labute approximate surface area is 218 Å². The first-order valence-corrected chi connectivity index (χ1v) is 13.5. The summed E-state index contributed by atoms with van der Waals surface area (Å²) in [4.78, 5) is 13.3. The largest absolute Gasteiger partial charge is 0.495 e. The number of halogens is 1. The summed E-state index contributed by atoms with van der Waals surface area (Å²) >= 11 is 6.25. The van der Waals surface area contributed by atoms with Crippen molar-refractivity contribution in [3.63, 3.8) is 0 Å². The summed E-state index contributed by atoms with van der Waals surface area (Å²) in [7, 11) is -2.71. The molecular formula is C28H32ClNO5S. The molecule has 0 aromatic heterocycles. The summed E-state index contributed by atoms with van der Waals surface area (Å²) in [6.07, 6.45) is 0.304. The predicted molar refractivity (Wildman–Crippen MR) is 144 cm³/mol. The fourth-order valence-corrected chi connectivity index (χ4v) is 5.27. The van der Waals surface area contributed by atoms with Gasteiger partial charge in [-0.2, -0.15) is 0 Å². The van der Waals surface area contributed by atoms with Gasteiger partial charge in [-0.3, -0.25) is 4.79 Å². The number of benzene rings is 3. The molecule has 3 rings (SSSR count). The Morgan fingerprint density at radius 3 is 2.17 bits per heavy atom. The average Bonchev–Trinajstić information content (AvgIpc) is 2.82. The Morgan fingerprint density at radius 1 is 0.972 bits per heavy atom. The van der Waals surface area contributed by atoms with E-state index in [9.17, 15) is 13.2 Å². The number of methoxy groups -OCH3 is 1. The molecule has 192 valence electrons. The quantitative estimate of drug-likeness (QED) is 0.294. The highest BCUT2D eigenvalue weighted by molar-refractivity contribution is 7.93. The van der Waals surface area contributed by atoms with Crippen LogP contribution in [0.25, 0.3) is 0 Å². The Hall–Kier alpha value is -3.03. The van der Waals surface area contributed by atoms with Gasteiger partial charge in [-0.15, -0.1) is 0 Å². The van der Waals surface area contributed by atoms with E-state index in [1.807, 2.05) is 31.2 Å². The molecular weight excluding hydrogens is 498 g/mol. The van der Waals surface area contributed by atoms with Crippen molar-refractivity contribution >= 4 is 33.2 Å². The number of carbonyl (C=O) groups is 1. The van der Waals surface area contributed by atoms with Crippen LogP contribution in [0.2, 0.25) is 5.02 Å². The van der Waals surface area contributed by atoms with Gasteiger partial charge in [-0.05, 0) is 66.8 Å². The standard InChI is InChI=1S/C28H32ClNO5S/c1-20-8-15-24(16-9-20)36(32,33)30(22-12-17-26(34-5)25(29)19-22)27(31)7-6-18-35-23-13-10-21(11-14-23)28(2,3)4/h8-17,19H,6-7,18H2,1-5H3. The number of ether oxygens (including phenoxy) is 2. The second-order valence-electron chi connectivity index (χ2n) is 9.52. The third kappa shape index (κ3) is 6.59. The molecule has 0 fully saturated rings. The molecule has 0 atom stereocenters. The van der Waals surface area contributed by atoms with Crippen molar-refractivity contribution in [3.05, 3.63) is 82.9 Å². The van der Waals surface area contributed by atoms with Crippen LogP contribution in [0.3, 0.4) is 0 Å². The van der Waals surface area contributed by atoms with Gasteiger partial charge in [0, 0.05) is 6.42 Å². The Morgan fingerprint density at radius 2 is 1.61 bits per heavy atom. The molecule has 0 aliphatic carbocycles. The summed E-state index contributed by atoms with van der Waals surface area (Å²) in [6.45, 7) is 8.55. The van der Waals surface area contributed by atoms with Crippen LogP contribution in [0.5, 0.6) is 11.5 Å². The molecule has 8 heteroatoms. The maximum Gasteiger partial charge on any atom is 0.270 e. The maximum absolute atomic E-state index is 13.5. The van der Waals surface area contributed by atoms with Gasteiger partial charge in [-0.1, -0.05) is 62.2 Å². The molecule has 0 spiro atoms. The van der Waals surface area contributed by atoms with E-state index in [2.05, 4.69) is 20.8 Å². The van der Waals surface area contributed by atoms with Crippen molar-refractivity contribution in [2.45, 2.75) is 50.8 Å². The smallest absolute Gasteiger partial charge is 0.270 e. The normalized spacial score (nSPS) is 11.7. The Balaban J connectivity index is 1.77. The molecule has 0 saturated carbocycles. The number of amides is 1. The summed E-state index contributed by atoms with van der Waals surface area (Å²) in [6, 6.07) is 18.6. The van der Waals surface area contributed by atoms with E-state index in [1.165, 1.54) is 43.0 Å². The van der Waals surface area contributed by atoms with E-state index < -0.39 is 15.9 Å². The van der Waals surface area contributed by atoms with Crippen LogP contribution in [0.1, 0.15) is 44.7 Å². The Kier molecular flexibility index (Phi) is 8.69. The molecule has 0 unspecified atom stereocenters. The zero-order chi connectivity index (χ0) is 26.5. The van der Waals surface area contributed by atoms with Gasteiger partial charge in [0.2, 0.25) is 5.91 Å². The number of aryl methyl sites for hydroxylation is 1. The van der Waals surface area contributed by atoms with Crippen molar-refractivity contribution in [2.24, 2.45) is 0 Å². The van der Waals surface area contributed by atoms with E-state index >= 15 is 0 Å². The molecule has 0 N–H and O–H groups in total. The lowest BCUT2D eigenvalue weighted by Gasteiger charge is -2.23. The lowest BCUT2D eigenvalue weighted by molar-refractivity contribution is -0.117. The topological polar surface area (TPSA) is 72.9 Å². The van der Waals surface area contributed by atoms with Crippen LogP contribution >= 0.6 is 11.6 Å². The van der Waals surface area contributed by atoms with Crippen LogP contribution in [0.15, 0.2) is 71.6 Å². The van der Waals surface area contributed by atoms with Crippen LogP contribution < -0.4 is 13.8 Å². The first-order valence-electron chi connectivity index (χ1n) is 11.6. The number of rotatable bonds is 9. The molecule has 36 heavy (non-hydrogen) atoms. The highest BCUT2D eigenvalue weighted by atomic mass is 35.5. The second kappa shape index (κ2) is 11.4. The van der Waals surface area contributed by atoms with E-state index in [1.54, 1.807) is 12.1 Å². The first-order chi connectivity index (χ1) is 16.9. The number of sulfonamides is 1. The summed E-state index contributed by atoms with van der Waals surface area (Å²) < 4.78 is 38.8. The van der Waals surface area contributed by atoms with Crippen molar-refractivity contribution in [3.8, 4) is 11.5 Å². The highest BCUT2D eigenvalue weighted by Gasteiger charge is 2.31. The molecule has 3 aromatic rings. The molecule has 0 aliphatic heterocycles. The number of nitrogens with zero attached hydrogens (tertiary/aromatic N) is 1. The molecule has 0 saturated heterocycles. The molecule has 3 aromatic carbocycles. The third-order valence-corrected chi connectivity index (χ3v) is 7.74. The zero-order valence-electron chi connectivity index (χ0n) is 21.2.